The second-order valence-corrected chi connectivity index (χ2v) is 5.98. The molecule has 3 N–H and O–H groups in total. The van der Waals surface area contributed by atoms with Gasteiger partial charge in [-0.15, -0.1) is 24.0 Å². The Balaban J connectivity index is 0.00000312. The molecule has 1 aliphatic rings. The standard InChI is InChI=1S/C17H26F2N4O.HI/c1-2-20-17(21-11-13-4-3-5-15(24)10-13)22-14-6-8-23(9-7-14)12-16(18)19;/h3-5,10,14,16,24H,2,6-9,11-12H2,1H3,(H2,20,21,22);1H. The summed E-state index contributed by atoms with van der Waals surface area (Å²) in [6, 6.07) is 7.26. The molecule has 0 bridgehead atoms. The third-order valence-electron chi connectivity index (χ3n) is 4.00. The number of guanidine groups is 1. The molecule has 5 nitrogen and oxygen atoms in total. The first kappa shape index (κ1) is 21.9. The van der Waals surface area contributed by atoms with Gasteiger partial charge >= 0.3 is 0 Å². The van der Waals surface area contributed by atoms with E-state index < -0.39 is 6.43 Å². The van der Waals surface area contributed by atoms with E-state index in [-0.39, 0.29) is 42.3 Å². The number of aromatic hydroxyl groups is 1. The molecule has 0 amide bonds. The van der Waals surface area contributed by atoms with Crippen LogP contribution in [0.5, 0.6) is 5.75 Å². The maximum atomic E-state index is 12.4. The highest BCUT2D eigenvalue weighted by atomic mass is 127. The minimum Gasteiger partial charge on any atom is -0.508 e. The molecule has 0 unspecified atom stereocenters. The molecule has 142 valence electrons. The second kappa shape index (κ2) is 11.5. The van der Waals surface area contributed by atoms with Gasteiger partial charge in [-0.05, 0) is 37.5 Å². The molecule has 8 heteroatoms. The molecule has 1 aromatic rings. The van der Waals surface area contributed by atoms with E-state index >= 15 is 0 Å². The van der Waals surface area contributed by atoms with Gasteiger partial charge in [-0.1, -0.05) is 12.1 Å². The van der Waals surface area contributed by atoms with Crippen molar-refractivity contribution < 1.29 is 13.9 Å². The Kier molecular flexibility index (Phi) is 10.0. The smallest absolute Gasteiger partial charge is 0.251 e. The van der Waals surface area contributed by atoms with Crippen LogP contribution in [-0.4, -0.2) is 54.6 Å². The summed E-state index contributed by atoms with van der Waals surface area (Å²) in [6.45, 7) is 4.42. The Bertz CT molecular complexity index is 537. The maximum Gasteiger partial charge on any atom is 0.251 e. The van der Waals surface area contributed by atoms with Crippen LogP contribution in [0.25, 0.3) is 0 Å². The first-order valence-corrected chi connectivity index (χ1v) is 8.40. The molecule has 0 saturated carbocycles. The van der Waals surface area contributed by atoms with Gasteiger partial charge in [0.25, 0.3) is 6.43 Å². The van der Waals surface area contributed by atoms with Crippen LogP contribution < -0.4 is 10.6 Å². The van der Waals surface area contributed by atoms with Gasteiger partial charge in [0.1, 0.15) is 5.75 Å². The van der Waals surface area contributed by atoms with Gasteiger partial charge in [-0.25, -0.2) is 13.8 Å². The number of piperidine rings is 1. The van der Waals surface area contributed by atoms with Crippen LogP contribution in [0.2, 0.25) is 0 Å². The summed E-state index contributed by atoms with van der Waals surface area (Å²) >= 11 is 0. The average Bonchev–Trinajstić information content (AvgIpc) is 2.54. The summed E-state index contributed by atoms with van der Waals surface area (Å²) in [6.07, 6.45) is -0.623. The van der Waals surface area contributed by atoms with Gasteiger partial charge in [0, 0.05) is 25.7 Å². The van der Waals surface area contributed by atoms with Crippen molar-refractivity contribution in [1.82, 2.24) is 15.5 Å². The molecule has 0 spiro atoms. The Morgan fingerprint density at radius 2 is 2.08 bits per heavy atom. The molecule has 2 rings (SSSR count). The third-order valence-corrected chi connectivity index (χ3v) is 4.00. The number of phenolic OH excluding ortho intramolecular Hbond substituents is 1. The van der Waals surface area contributed by atoms with Crippen LogP contribution in [0.1, 0.15) is 25.3 Å². The predicted octanol–water partition coefficient (Wildman–Crippen LogP) is 2.79. The van der Waals surface area contributed by atoms with E-state index in [2.05, 4.69) is 15.6 Å². The molecule has 1 saturated heterocycles. The summed E-state index contributed by atoms with van der Waals surface area (Å²) in [5, 5.41) is 16.1. The monoisotopic (exact) mass is 468 g/mol. The molecule has 0 radical (unpaired) electrons. The Morgan fingerprint density at radius 3 is 2.68 bits per heavy atom. The molecular weight excluding hydrogens is 441 g/mol. The zero-order valence-electron chi connectivity index (χ0n) is 14.4. The number of hydrogen-bond acceptors (Lipinski definition) is 3. The van der Waals surface area contributed by atoms with Crippen molar-refractivity contribution in [2.45, 2.75) is 38.8 Å². The molecule has 0 aromatic heterocycles. The van der Waals surface area contributed by atoms with E-state index in [9.17, 15) is 13.9 Å². The number of rotatable bonds is 6. The third kappa shape index (κ3) is 8.17. The van der Waals surface area contributed by atoms with Crippen molar-refractivity contribution in [2.75, 3.05) is 26.2 Å². The van der Waals surface area contributed by atoms with Crippen LogP contribution in [0.3, 0.4) is 0 Å². The largest absolute Gasteiger partial charge is 0.508 e. The number of halogens is 3. The molecule has 0 atom stereocenters. The van der Waals surface area contributed by atoms with Crippen LogP contribution in [0, 0.1) is 0 Å². The number of nitrogens with zero attached hydrogens (tertiary/aromatic N) is 2. The minimum absolute atomic E-state index is 0. The average molecular weight is 468 g/mol. The Labute approximate surface area is 164 Å². The molecule has 1 fully saturated rings. The zero-order valence-corrected chi connectivity index (χ0v) is 16.8. The van der Waals surface area contributed by atoms with E-state index in [0.717, 1.165) is 24.9 Å². The lowest BCUT2D eigenvalue weighted by molar-refractivity contribution is 0.0744. The number of phenols is 1. The Hall–Kier alpha value is -1.16. The summed E-state index contributed by atoms with van der Waals surface area (Å²) in [4.78, 5) is 6.34. The zero-order chi connectivity index (χ0) is 17.4. The number of aliphatic imine (C=N–C) groups is 1. The van der Waals surface area contributed by atoms with Crippen LogP contribution in [0.4, 0.5) is 8.78 Å². The quantitative estimate of drug-likeness (QED) is 0.342. The van der Waals surface area contributed by atoms with Gasteiger partial charge in [0.15, 0.2) is 5.96 Å². The summed E-state index contributed by atoms with van der Waals surface area (Å²) in [5.41, 5.74) is 0.930. The minimum atomic E-state index is -2.27. The molecule has 0 aliphatic carbocycles. The molecule has 1 heterocycles. The fraction of sp³-hybridized carbons (Fsp3) is 0.588. The number of alkyl halides is 2. The Morgan fingerprint density at radius 1 is 1.36 bits per heavy atom. The van der Waals surface area contributed by atoms with E-state index in [1.54, 1.807) is 23.1 Å². The van der Waals surface area contributed by atoms with E-state index in [1.165, 1.54) is 0 Å². The fourth-order valence-electron chi connectivity index (χ4n) is 2.79. The van der Waals surface area contributed by atoms with E-state index in [0.29, 0.717) is 25.6 Å². The highest BCUT2D eigenvalue weighted by molar-refractivity contribution is 14.0. The van der Waals surface area contributed by atoms with Crippen molar-refractivity contribution in [3.8, 4) is 5.75 Å². The summed E-state index contributed by atoms with van der Waals surface area (Å²) in [7, 11) is 0. The van der Waals surface area contributed by atoms with Gasteiger partial charge in [-0.2, -0.15) is 0 Å². The lowest BCUT2D eigenvalue weighted by Crippen LogP contribution is -2.49. The fourth-order valence-corrected chi connectivity index (χ4v) is 2.79. The lowest BCUT2D eigenvalue weighted by atomic mass is 10.1. The van der Waals surface area contributed by atoms with Gasteiger partial charge in [0.05, 0.1) is 13.1 Å². The topological polar surface area (TPSA) is 59.9 Å². The van der Waals surface area contributed by atoms with Crippen molar-refractivity contribution in [1.29, 1.82) is 0 Å². The molecule has 25 heavy (non-hydrogen) atoms. The van der Waals surface area contributed by atoms with Gasteiger partial charge in [0.2, 0.25) is 0 Å². The number of benzene rings is 1. The second-order valence-electron chi connectivity index (χ2n) is 5.98. The highest BCUT2D eigenvalue weighted by Crippen LogP contribution is 2.13. The van der Waals surface area contributed by atoms with E-state index in [1.807, 2.05) is 13.0 Å². The summed E-state index contributed by atoms with van der Waals surface area (Å²) in [5.74, 6) is 0.945. The molecule has 1 aromatic carbocycles. The molecule has 1 aliphatic heterocycles. The van der Waals surface area contributed by atoms with Crippen LogP contribution >= 0.6 is 24.0 Å². The van der Waals surface area contributed by atoms with Crippen molar-refractivity contribution >= 4 is 29.9 Å². The van der Waals surface area contributed by atoms with Crippen LogP contribution in [0.15, 0.2) is 29.3 Å². The number of nitrogens with one attached hydrogen (secondary N) is 2. The number of likely N-dealkylation sites (tertiary alicyclic amines) is 1. The van der Waals surface area contributed by atoms with E-state index in [4.69, 9.17) is 0 Å². The SMILES string of the molecule is CCNC(=NCc1cccc(O)c1)NC1CCN(CC(F)F)CC1.I. The van der Waals surface area contributed by atoms with Crippen molar-refractivity contribution in [2.24, 2.45) is 4.99 Å². The van der Waals surface area contributed by atoms with Gasteiger partial charge in [-0.3, -0.25) is 4.90 Å². The first-order chi connectivity index (χ1) is 11.6. The van der Waals surface area contributed by atoms with Crippen molar-refractivity contribution in [3.05, 3.63) is 29.8 Å². The molecular formula is C17H27F2IN4O. The number of hydrogen-bond donors (Lipinski definition) is 3. The van der Waals surface area contributed by atoms with Crippen molar-refractivity contribution in [3.63, 3.8) is 0 Å². The predicted molar refractivity (Wildman–Crippen MR) is 107 cm³/mol. The first-order valence-electron chi connectivity index (χ1n) is 8.40. The normalized spacial score (nSPS) is 16.6. The van der Waals surface area contributed by atoms with Crippen LogP contribution in [-0.2, 0) is 6.54 Å². The highest BCUT2D eigenvalue weighted by Gasteiger charge is 2.21. The maximum absolute atomic E-state index is 12.4. The van der Waals surface area contributed by atoms with Gasteiger partial charge < -0.3 is 15.7 Å². The lowest BCUT2D eigenvalue weighted by Gasteiger charge is -2.32. The summed E-state index contributed by atoms with van der Waals surface area (Å²) < 4.78 is 24.8.